The van der Waals surface area contributed by atoms with E-state index in [1.54, 1.807) is 7.11 Å². The molecular weight excluding hydrogens is 150 g/mol. The predicted molar refractivity (Wildman–Crippen MR) is 50.5 cm³/mol. The maximum absolute atomic E-state index is 4.72. The highest BCUT2D eigenvalue weighted by Gasteiger charge is 1.95. The Morgan fingerprint density at radius 3 is 2.67 bits per heavy atom. The fourth-order valence-corrected chi connectivity index (χ4v) is 0.935. The number of hydrogen-bond donors (Lipinski definition) is 1. The van der Waals surface area contributed by atoms with Crippen molar-refractivity contribution in [3.05, 3.63) is 42.5 Å². The van der Waals surface area contributed by atoms with Gasteiger partial charge in [0.25, 0.3) is 0 Å². The smallest absolute Gasteiger partial charge is 0.0572 e. The van der Waals surface area contributed by atoms with Crippen LogP contribution in [-0.4, -0.2) is 13.7 Å². The minimum Gasteiger partial charge on any atom is -0.305 e. The van der Waals surface area contributed by atoms with Gasteiger partial charge in [-0.1, -0.05) is 36.9 Å². The Morgan fingerprint density at radius 2 is 2.08 bits per heavy atom. The molecule has 0 unspecified atom stereocenters. The molecule has 1 N–H and O–H groups in total. The van der Waals surface area contributed by atoms with E-state index in [2.05, 4.69) is 12.1 Å². The Bertz CT molecular complexity index is 243. The fourth-order valence-electron chi connectivity index (χ4n) is 0.935. The topological polar surface area (TPSA) is 21.3 Å². The zero-order valence-corrected chi connectivity index (χ0v) is 7.21. The van der Waals surface area contributed by atoms with Crippen molar-refractivity contribution in [2.24, 2.45) is 0 Å². The molecule has 2 heteroatoms. The summed E-state index contributed by atoms with van der Waals surface area (Å²) in [4.78, 5) is 4.72. The zero-order chi connectivity index (χ0) is 8.81. The summed E-state index contributed by atoms with van der Waals surface area (Å²) in [5.41, 5.74) is 4.91. The molecule has 1 aromatic rings. The second-order valence-corrected chi connectivity index (χ2v) is 2.49. The summed E-state index contributed by atoms with van der Waals surface area (Å²) in [5.74, 6) is 0. The van der Waals surface area contributed by atoms with Gasteiger partial charge < -0.3 is 4.84 Å². The first-order valence-corrected chi connectivity index (χ1v) is 3.83. The van der Waals surface area contributed by atoms with Crippen molar-refractivity contribution >= 4 is 5.57 Å². The summed E-state index contributed by atoms with van der Waals surface area (Å²) in [6.45, 7) is 4.57. The molecule has 0 amide bonds. The molecule has 0 saturated heterocycles. The molecule has 2 nitrogen and oxygen atoms in total. The third kappa shape index (κ3) is 2.49. The number of nitrogens with one attached hydrogen (secondary N) is 1. The zero-order valence-electron chi connectivity index (χ0n) is 7.21. The minimum absolute atomic E-state index is 0.653. The van der Waals surface area contributed by atoms with Gasteiger partial charge in [-0.05, 0) is 11.1 Å². The lowest BCUT2D eigenvalue weighted by atomic mass is 10.1. The lowest BCUT2D eigenvalue weighted by molar-refractivity contribution is 0.103. The van der Waals surface area contributed by atoms with E-state index >= 15 is 0 Å². The van der Waals surface area contributed by atoms with Gasteiger partial charge in [0.15, 0.2) is 0 Å². The van der Waals surface area contributed by atoms with Crippen LogP contribution in [0.1, 0.15) is 5.56 Å². The molecule has 0 radical (unpaired) electrons. The lowest BCUT2D eigenvalue weighted by Gasteiger charge is -2.05. The van der Waals surface area contributed by atoms with Crippen LogP contribution in [0, 0.1) is 0 Å². The van der Waals surface area contributed by atoms with Gasteiger partial charge in [0.05, 0.1) is 7.11 Å². The molecule has 64 valence electrons. The highest BCUT2D eigenvalue weighted by atomic mass is 16.6. The van der Waals surface area contributed by atoms with Crippen LogP contribution in [0.15, 0.2) is 36.9 Å². The first kappa shape index (κ1) is 8.97. The van der Waals surface area contributed by atoms with Gasteiger partial charge in [-0.25, -0.2) is 0 Å². The van der Waals surface area contributed by atoms with Crippen molar-refractivity contribution in [3.63, 3.8) is 0 Å². The Labute approximate surface area is 72.8 Å². The first-order chi connectivity index (χ1) is 5.84. The van der Waals surface area contributed by atoms with Crippen molar-refractivity contribution < 1.29 is 4.84 Å². The third-order valence-corrected chi connectivity index (χ3v) is 1.61. The molecule has 0 aliphatic heterocycles. The van der Waals surface area contributed by atoms with Gasteiger partial charge in [-0.15, -0.1) is 0 Å². The molecule has 0 atom stereocenters. The van der Waals surface area contributed by atoms with Crippen LogP contribution in [0.5, 0.6) is 0 Å². The van der Waals surface area contributed by atoms with Crippen LogP contribution in [0.4, 0.5) is 0 Å². The Morgan fingerprint density at radius 1 is 1.42 bits per heavy atom. The molecule has 0 aliphatic rings. The SMILES string of the molecule is C=C(CNOC)c1ccccc1. The Kier molecular flexibility index (Phi) is 3.51. The second kappa shape index (κ2) is 4.70. The van der Waals surface area contributed by atoms with Crippen LogP contribution in [0.25, 0.3) is 5.57 Å². The van der Waals surface area contributed by atoms with Gasteiger partial charge in [0.1, 0.15) is 0 Å². The number of benzene rings is 1. The van der Waals surface area contributed by atoms with E-state index in [4.69, 9.17) is 4.84 Å². The highest BCUT2D eigenvalue weighted by molar-refractivity contribution is 5.64. The van der Waals surface area contributed by atoms with E-state index < -0.39 is 0 Å². The van der Waals surface area contributed by atoms with Gasteiger partial charge in [-0.2, -0.15) is 5.48 Å². The van der Waals surface area contributed by atoms with Gasteiger partial charge in [-0.3, -0.25) is 0 Å². The van der Waals surface area contributed by atoms with E-state index in [0.717, 1.165) is 11.1 Å². The number of rotatable bonds is 4. The summed E-state index contributed by atoms with van der Waals surface area (Å²) in [7, 11) is 1.60. The van der Waals surface area contributed by atoms with Gasteiger partial charge >= 0.3 is 0 Å². The minimum atomic E-state index is 0.653. The maximum atomic E-state index is 4.72. The summed E-state index contributed by atoms with van der Waals surface area (Å²) in [5, 5.41) is 0. The van der Waals surface area contributed by atoms with Crippen molar-refractivity contribution in [1.82, 2.24) is 5.48 Å². The standard InChI is InChI=1S/C10H13NO/c1-9(8-11-12-2)10-6-4-3-5-7-10/h3-7,11H,1,8H2,2H3. The normalized spacial score (nSPS) is 9.75. The van der Waals surface area contributed by atoms with Gasteiger partial charge in [0, 0.05) is 6.54 Å². The first-order valence-electron chi connectivity index (χ1n) is 3.83. The summed E-state index contributed by atoms with van der Waals surface area (Å²) < 4.78 is 0. The maximum Gasteiger partial charge on any atom is 0.0572 e. The summed E-state index contributed by atoms with van der Waals surface area (Å²) in [6, 6.07) is 10.0. The van der Waals surface area contributed by atoms with E-state index in [9.17, 15) is 0 Å². The average molecular weight is 163 g/mol. The molecule has 12 heavy (non-hydrogen) atoms. The number of hydroxylamine groups is 1. The molecule has 0 spiro atoms. The van der Waals surface area contributed by atoms with Crippen molar-refractivity contribution in [3.8, 4) is 0 Å². The van der Waals surface area contributed by atoms with Gasteiger partial charge in [0.2, 0.25) is 0 Å². The fraction of sp³-hybridized carbons (Fsp3) is 0.200. The molecular formula is C10H13NO. The molecule has 0 saturated carbocycles. The third-order valence-electron chi connectivity index (χ3n) is 1.61. The molecule has 0 aliphatic carbocycles. The van der Waals surface area contributed by atoms with E-state index in [0.29, 0.717) is 6.54 Å². The molecule has 0 heterocycles. The molecule has 0 bridgehead atoms. The summed E-state index contributed by atoms with van der Waals surface area (Å²) >= 11 is 0. The lowest BCUT2D eigenvalue weighted by Crippen LogP contribution is -2.13. The Hall–Kier alpha value is -1.12. The molecule has 0 fully saturated rings. The van der Waals surface area contributed by atoms with Crippen molar-refractivity contribution in [1.29, 1.82) is 0 Å². The van der Waals surface area contributed by atoms with Crippen LogP contribution in [-0.2, 0) is 4.84 Å². The highest BCUT2D eigenvalue weighted by Crippen LogP contribution is 2.09. The van der Waals surface area contributed by atoms with Crippen LogP contribution in [0.3, 0.4) is 0 Å². The molecule has 1 aromatic carbocycles. The predicted octanol–water partition coefficient (Wildman–Crippen LogP) is 1.85. The van der Waals surface area contributed by atoms with E-state index in [-0.39, 0.29) is 0 Å². The monoisotopic (exact) mass is 163 g/mol. The molecule has 1 rings (SSSR count). The van der Waals surface area contributed by atoms with E-state index in [1.165, 1.54) is 0 Å². The van der Waals surface area contributed by atoms with Crippen molar-refractivity contribution in [2.45, 2.75) is 0 Å². The van der Waals surface area contributed by atoms with E-state index in [1.807, 2.05) is 30.3 Å². The van der Waals surface area contributed by atoms with Crippen LogP contribution < -0.4 is 5.48 Å². The molecule has 0 aromatic heterocycles. The van der Waals surface area contributed by atoms with Crippen molar-refractivity contribution in [2.75, 3.05) is 13.7 Å². The van der Waals surface area contributed by atoms with Crippen LogP contribution in [0.2, 0.25) is 0 Å². The number of hydrogen-bond acceptors (Lipinski definition) is 2. The largest absolute Gasteiger partial charge is 0.305 e. The average Bonchev–Trinajstić information content (AvgIpc) is 2.15. The summed E-state index contributed by atoms with van der Waals surface area (Å²) in [6.07, 6.45) is 0. The second-order valence-electron chi connectivity index (χ2n) is 2.49. The Balaban J connectivity index is 2.54. The quantitative estimate of drug-likeness (QED) is 0.684. The van der Waals surface area contributed by atoms with Crippen LogP contribution >= 0.6 is 0 Å².